The van der Waals surface area contributed by atoms with Gasteiger partial charge in [-0.1, -0.05) is 0 Å². The normalized spacial score (nSPS) is 10.1. The van der Waals surface area contributed by atoms with E-state index in [0.717, 1.165) is 6.07 Å². The third-order valence-electron chi connectivity index (χ3n) is 1.94. The Hall–Kier alpha value is -1.92. The highest BCUT2D eigenvalue weighted by Crippen LogP contribution is 2.18. The largest absolute Gasteiger partial charge is 0.370 e. The number of nitrogens with zero attached hydrogens (tertiary/aromatic N) is 1. The fourth-order valence-electron chi connectivity index (χ4n) is 1.19. The van der Waals surface area contributed by atoms with Gasteiger partial charge in [0.2, 0.25) is 5.91 Å². The molecule has 1 amide bonds. The minimum atomic E-state index is -0.811. The molecule has 0 aromatic carbocycles. The SMILES string of the molecule is CCNc1nc(NCCC(N)=O)c(F)cc1F. The predicted molar refractivity (Wildman–Crippen MR) is 60.6 cm³/mol. The first-order valence-corrected chi connectivity index (χ1v) is 5.16. The van der Waals surface area contributed by atoms with Crippen molar-refractivity contribution in [2.45, 2.75) is 13.3 Å². The van der Waals surface area contributed by atoms with Crippen molar-refractivity contribution in [1.82, 2.24) is 4.98 Å². The summed E-state index contributed by atoms with van der Waals surface area (Å²) in [6, 6.07) is 0.734. The van der Waals surface area contributed by atoms with Crippen LogP contribution in [0.4, 0.5) is 20.4 Å². The molecule has 1 rings (SSSR count). The van der Waals surface area contributed by atoms with E-state index in [4.69, 9.17) is 5.73 Å². The molecule has 17 heavy (non-hydrogen) atoms. The van der Waals surface area contributed by atoms with Gasteiger partial charge in [0.25, 0.3) is 0 Å². The first-order chi connectivity index (χ1) is 8.04. The number of amides is 1. The monoisotopic (exact) mass is 244 g/mol. The molecule has 0 aliphatic carbocycles. The zero-order valence-corrected chi connectivity index (χ0v) is 9.39. The molecule has 94 valence electrons. The van der Waals surface area contributed by atoms with Crippen LogP contribution in [0.1, 0.15) is 13.3 Å². The van der Waals surface area contributed by atoms with E-state index in [-0.39, 0.29) is 24.6 Å². The Morgan fingerprint density at radius 3 is 2.47 bits per heavy atom. The summed E-state index contributed by atoms with van der Waals surface area (Å²) >= 11 is 0. The summed E-state index contributed by atoms with van der Waals surface area (Å²) in [5.41, 5.74) is 4.93. The van der Waals surface area contributed by atoms with Gasteiger partial charge in [0.15, 0.2) is 23.3 Å². The number of hydrogen-bond donors (Lipinski definition) is 3. The quantitative estimate of drug-likeness (QED) is 0.699. The van der Waals surface area contributed by atoms with E-state index in [1.54, 1.807) is 6.92 Å². The third kappa shape index (κ3) is 3.86. The van der Waals surface area contributed by atoms with Gasteiger partial charge < -0.3 is 16.4 Å². The van der Waals surface area contributed by atoms with Crippen molar-refractivity contribution in [1.29, 1.82) is 0 Å². The van der Waals surface area contributed by atoms with Crippen LogP contribution in [0.5, 0.6) is 0 Å². The van der Waals surface area contributed by atoms with Gasteiger partial charge in [-0.3, -0.25) is 4.79 Å². The average Bonchev–Trinajstić information content (AvgIpc) is 2.24. The zero-order valence-electron chi connectivity index (χ0n) is 9.39. The lowest BCUT2D eigenvalue weighted by molar-refractivity contribution is -0.117. The van der Waals surface area contributed by atoms with Crippen LogP contribution in [0, 0.1) is 11.6 Å². The standard InChI is InChI=1S/C10H14F2N4O/c1-2-14-9-6(11)5-7(12)10(16-9)15-4-3-8(13)17/h5H,2-4H2,1H3,(H2,13,17)(H2,14,15,16). The van der Waals surface area contributed by atoms with Gasteiger partial charge in [0.1, 0.15) is 0 Å². The molecule has 0 aliphatic heterocycles. The molecular weight excluding hydrogens is 230 g/mol. The maximum atomic E-state index is 13.3. The molecule has 1 aromatic rings. The average molecular weight is 244 g/mol. The number of carbonyl (C=O) groups is 1. The van der Waals surface area contributed by atoms with Crippen molar-refractivity contribution >= 4 is 17.5 Å². The highest BCUT2D eigenvalue weighted by Gasteiger charge is 2.11. The van der Waals surface area contributed by atoms with E-state index in [0.29, 0.717) is 6.54 Å². The van der Waals surface area contributed by atoms with Crippen molar-refractivity contribution < 1.29 is 13.6 Å². The second-order valence-corrected chi connectivity index (χ2v) is 3.32. The summed E-state index contributed by atoms with van der Waals surface area (Å²) < 4.78 is 26.5. The van der Waals surface area contributed by atoms with Crippen LogP contribution in [-0.4, -0.2) is 24.0 Å². The Balaban J connectivity index is 2.76. The van der Waals surface area contributed by atoms with Crippen LogP contribution in [0.25, 0.3) is 0 Å². The van der Waals surface area contributed by atoms with Gasteiger partial charge in [0, 0.05) is 25.6 Å². The Kier molecular flexibility index (Phi) is 4.62. The molecule has 0 spiro atoms. The number of pyridine rings is 1. The second-order valence-electron chi connectivity index (χ2n) is 3.32. The molecular formula is C10H14F2N4O. The molecule has 0 aliphatic rings. The number of carbonyl (C=O) groups excluding carboxylic acids is 1. The zero-order chi connectivity index (χ0) is 12.8. The second kappa shape index (κ2) is 5.97. The lowest BCUT2D eigenvalue weighted by atomic mass is 10.3. The molecule has 7 heteroatoms. The minimum Gasteiger partial charge on any atom is -0.370 e. The van der Waals surface area contributed by atoms with E-state index in [2.05, 4.69) is 15.6 Å². The number of nitrogens with one attached hydrogen (secondary N) is 2. The molecule has 1 heterocycles. The fourth-order valence-corrected chi connectivity index (χ4v) is 1.19. The molecule has 5 nitrogen and oxygen atoms in total. The van der Waals surface area contributed by atoms with Crippen molar-refractivity contribution in [3.05, 3.63) is 17.7 Å². The number of hydrogen-bond acceptors (Lipinski definition) is 4. The lowest BCUT2D eigenvalue weighted by Gasteiger charge is -2.09. The number of rotatable bonds is 6. The Morgan fingerprint density at radius 2 is 1.94 bits per heavy atom. The maximum Gasteiger partial charge on any atom is 0.219 e. The lowest BCUT2D eigenvalue weighted by Crippen LogP contribution is -2.17. The van der Waals surface area contributed by atoms with Crippen molar-refractivity contribution in [3.63, 3.8) is 0 Å². The molecule has 0 radical (unpaired) electrons. The van der Waals surface area contributed by atoms with E-state index in [1.165, 1.54) is 0 Å². The van der Waals surface area contributed by atoms with Gasteiger partial charge in [-0.15, -0.1) is 0 Å². The molecule has 0 atom stereocenters. The van der Waals surface area contributed by atoms with Crippen molar-refractivity contribution in [2.75, 3.05) is 23.7 Å². The van der Waals surface area contributed by atoms with Crippen molar-refractivity contribution in [3.8, 4) is 0 Å². The van der Waals surface area contributed by atoms with Gasteiger partial charge in [-0.25, -0.2) is 13.8 Å². The van der Waals surface area contributed by atoms with Gasteiger partial charge >= 0.3 is 0 Å². The van der Waals surface area contributed by atoms with E-state index < -0.39 is 17.5 Å². The summed E-state index contributed by atoms with van der Waals surface area (Å²) in [7, 11) is 0. The van der Waals surface area contributed by atoms with Crippen LogP contribution in [0.15, 0.2) is 6.07 Å². The van der Waals surface area contributed by atoms with Crippen LogP contribution in [0.2, 0.25) is 0 Å². The molecule has 0 unspecified atom stereocenters. The number of halogens is 2. The van der Waals surface area contributed by atoms with E-state index >= 15 is 0 Å². The first-order valence-electron chi connectivity index (χ1n) is 5.16. The number of aromatic nitrogens is 1. The van der Waals surface area contributed by atoms with E-state index in [9.17, 15) is 13.6 Å². The van der Waals surface area contributed by atoms with Crippen LogP contribution in [0.3, 0.4) is 0 Å². The van der Waals surface area contributed by atoms with Gasteiger partial charge in [0.05, 0.1) is 0 Å². The number of anilines is 2. The van der Waals surface area contributed by atoms with E-state index in [1.807, 2.05) is 0 Å². The summed E-state index contributed by atoms with van der Waals surface area (Å²) in [4.78, 5) is 14.2. The molecule has 0 fully saturated rings. The van der Waals surface area contributed by atoms with Gasteiger partial charge in [-0.2, -0.15) is 0 Å². The van der Waals surface area contributed by atoms with Crippen LogP contribution < -0.4 is 16.4 Å². The predicted octanol–water partition coefficient (Wildman–Crippen LogP) is 1.08. The maximum absolute atomic E-state index is 13.3. The summed E-state index contributed by atoms with van der Waals surface area (Å²) in [6.07, 6.45) is 0.0506. The first kappa shape index (κ1) is 13.1. The minimum absolute atomic E-state index is 0.0320. The molecule has 0 saturated carbocycles. The van der Waals surface area contributed by atoms with Crippen LogP contribution >= 0.6 is 0 Å². The third-order valence-corrected chi connectivity index (χ3v) is 1.94. The van der Waals surface area contributed by atoms with Gasteiger partial charge in [-0.05, 0) is 6.92 Å². The molecule has 4 N–H and O–H groups in total. The van der Waals surface area contributed by atoms with Crippen molar-refractivity contribution in [2.24, 2.45) is 5.73 Å². The fraction of sp³-hybridized carbons (Fsp3) is 0.400. The highest BCUT2D eigenvalue weighted by molar-refractivity contribution is 5.74. The van der Waals surface area contributed by atoms with Crippen LogP contribution in [-0.2, 0) is 4.79 Å². The smallest absolute Gasteiger partial charge is 0.219 e. The summed E-state index contributed by atoms with van der Waals surface area (Å²) in [5.74, 6) is -2.22. The molecule has 1 aromatic heterocycles. The Labute approximate surface area is 97.4 Å². The topological polar surface area (TPSA) is 80.0 Å². The summed E-state index contributed by atoms with van der Waals surface area (Å²) in [6.45, 7) is 2.39. The Bertz CT molecular complexity index is 412. The number of nitrogens with two attached hydrogens (primary N) is 1. The number of primary amides is 1. The Morgan fingerprint density at radius 1 is 1.35 bits per heavy atom. The summed E-state index contributed by atoms with van der Waals surface area (Å²) in [5, 5.41) is 5.23. The highest BCUT2D eigenvalue weighted by atomic mass is 19.1. The molecule has 0 bridgehead atoms. The molecule has 0 saturated heterocycles.